The van der Waals surface area contributed by atoms with E-state index in [1.807, 2.05) is 19.1 Å². The number of rotatable bonds is 5. The van der Waals surface area contributed by atoms with Crippen molar-refractivity contribution in [1.29, 1.82) is 0 Å². The molecule has 0 fully saturated rings. The van der Waals surface area contributed by atoms with Crippen LogP contribution in [0.4, 0.5) is 5.69 Å². The predicted octanol–water partition coefficient (Wildman–Crippen LogP) is 3.15. The largest absolute Gasteiger partial charge is 0.492 e. The van der Waals surface area contributed by atoms with Crippen LogP contribution in [0.1, 0.15) is 15.9 Å². The first-order valence-electron chi connectivity index (χ1n) is 6.59. The van der Waals surface area contributed by atoms with Crippen molar-refractivity contribution in [2.24, 2.45) is 0 Å². The van der Waals surface area contributed by atoms with E-state index in [4.69, 9.17) is 10.5 Å². The third-order valence-electron chi connectivity index (χ3n) is 2.97. The smallest absolute Gasteiger partial charge is 0.251 e. The fourth-order valence-corrected chi connectivity index (χ4v) is 2.35. The number of ether oxygens (including phenoxy) is 1. The molecule has 1 amide bonds. The Balaban J connectivity index is 1.80. The van der Waals surface area contributed by atoms with E-state index in [1.165, 1.54) is 0 Å². The van der Waals surface area contributed by atoms with Crippen LogP contribution >= 0.6 is 15.9 Å². The van der Waals surface area contributed by atoms with Crippen LogP contribution in [0.15, 0.2) is 46.9 Å². The molecular formula is C16H17BrN2O2. The lowest BCUT2D eigenvalue weighted by Gasteiger charge is -2.09. The summed E-state index contributed by atoms with van der Waals surface area (Å²) in [6, 6.07) is 12.7. The molecule has 0 aromatic heterocycles. The molecule has 0 aliphatic rings. The fraction of sp³-hybridized carbons (Fsp3) is 0.188. The topological polar surface area (TPSA) is 64.3 Å². The summed E-state index contributed by atoms with van der Waals surface area (Å²) in [4.78, 5) is 12.0. The zero-order valence-electron chi connectivity index (χ0n) is 11.7. The molecule has 0 bridgehead atoms. The van der Waals surface area contributed by atoms with Crippen LogP contribution in [0, 0.1) is 6.92 Å². The highest BCUT2D eigenvalue weighted by Gasteiger charge is 2.08. The van der Waals surface area contributed by atoms with Gasteiger partial charge in [-0.25, -0.2) is 0 Å². The van der Waals surface area contributed by atoms with E-state index in [-0.39, 0.29) is 5.91 Å². The SMILES string of the molecule is Cc1cc(Br)ccc1C(=O)NCCOc1ccc(N)cc1. The number of anilines is 1. The van der Waals surface area contributed by atoms with Crippen LogP contribution in [0.3, 0.4) is 0 Å². The van der Waals surface area contributed by atoms with Crippen molar-refractivity contribution >= 4 is 27.5 Å². The number of benzene rings is 2. The molecular weight excluding hydrogens is 332 g/mol. The summed E-state index contributed by atoms with van der Waals surface area (Å²) in [5.74, 6) is 0.638. The zero-order valence-corrected chi connectivity index (χ0v) is 13.3. The van der Waals surface area contributed by atoms with Crippen molar-refractivity contribution < 1.29 is 9.53 Å². The van der Waals surface area contributed by atoms with E-state index in [2.05, 4.69) is 21.2 Å². The number of carbonyl (C=O) groups is 1. The molecule has 0 heterocycles. The van der Waals surface area contributed by atoms with E-state index >= 15 is 0 Å². The summed E-state index contributed by atoms with van der Waals surface area (Å²) in [5, 5.41) is 2.84. The lowest BCUT2D eigenvalue weighted by atomic mass is 10.1. The van der Waals surface area contributed by atoms with E-state index in [9.17, 15) is 4.79 Å². The van der Waals surface area contributed by atoms with Gasteiger partial charge in [0.15, 0.2) is 0 Å². The molecule has 0 aliphatic heterocycles. The van der Waals surface area contributed by atoms with Gasteiger partial charge in [0.1, 0.15) is 12.4 Å². The van der Waals surface area contributed by atoms with E-state index in [0.29, 0.717) is 24.4 Å². The first kappa shape index (κ1) is 15.4. The Kier molecular flexibility index (Phi) is 5.22. The standard InChI is InChI=1S/C16H17BrN2O2/c1-11-10-12(17)2-7-15(11)16(20)19-8-9-21-14-5-3-13(18)4-6-14/h2-7,10H,8-9,18H2,1H3,(H,19,20). The number of hydrogen-bond acceptors (Lipinski definition) is 3. The number of carbonyl (C=O) groups excluding carboxylic acids is 1. The van der Waals surface area contributed by atoms with Gasteiger partial charge in [-0.15, -0.1) is 0 Å². The summed E-state index contributed by atoms with van der Waals surface area (Å²) in [7, 11) is 0. The minimum Gasteiger partial charge on any atom is -0.492 e. The lowest BCUT2D eigenvalue weighted by molar-refractivity contribution is 0.0946. The molecule has 110 valence electrons. The Hall–Kier alpha value is -2.01. The molecule has 0 radical (unpaired) electrons. The second-order valence-corrected chi connectivity index (χ2v) is 5.55. The van der Waals surface area contributed by atoms with Gasteiger partial charge in [0.2, 0.25) is 0 Å². The molecule has 0 saturated carbocycles. The van der Waals surface area contributed by atoms with Crippen LogP contribution in [0.5, 0.6) is 5.75 Å². The Bertz CT molecular complexity index is 627. The number of hydrogen-bond donors (Lipinski definition) is 2. The van der Waals surface area contributed by atoms with Gasteiger partial charge in [0.05, 0.1) is 6.54 Å². The first-order valence-corrected chi connectivity index (χ1v) is 7.38. The van der Waals surface area contributed by atoms with Crippen molar-refractivity contribution in [2.45, 2.75) is 6.92 Å². The number of nitrogens with two attached hydrogens (primary N) is 1. The number of nitrogen functional groups attached to an aromatic ring is 1. The van der Waals surface area contributed by atoms with Crippen molar-refractivity contribution in [3.05, 3.63) is 58.1 Å². The van der Waals surface area contributed by atoms with Gasteiger partial charge >= 0.3 is 0 Å². The Morgan fingerprint density at radius 3 is 2.62 bits per heavy atom. The molecule has 2 rings (SSSR count). The average Bonchev–Trinajstić information content (AvgIpc) is 2.45. The van der Waals surface area contributed by atoms with E-state index in [0.717, 1.165) is 15.8 Å². The van der Waals surface area contributed by atoms with Crippen LogP contribution in [-0.4, -0.2) is 19.1 Å². The van der Waals surface area contributed by atoms with E-state index < -0.39 is 0 Å². The molecule has 2 aromatic carbocycles. The molecule has 2 aromatic rings. The number of aryl methyl sites for hydroxylation is 1. The first-order chi connectivity index (χ1) is 10.1. The van der Waals surface area contributed by atoms with Gasteiger partial charge in [-0.3, -0.25) is 4.79 Å². The molecule has 0 spiro atoms. The molecule has 3 N–H and O–H groups in total. The van der Waals surface area contributed by atoms with Crippen LogP contribution in [0.25, 0.3) is 0 Å². The summed E-state index contributed by atoms with van der Waals surface area (Å²) in [6.45, 7) is 2.76. The molecule has 0 saturated heterocycles. The third-order valence-corrected chi connectivity index (χ3v) is 3.46. The van der Waals surface area contributed by atoms with Crippen LogP contribution in [0.2, 0.25) is 0 Å². The average molecular weight is 349 g/mol. The van der Waals surface area contributed by atoms with Gasteiger partial charge < -0.3 is 15.8 Å². The number of nitrogens with one attached hydrogen (secondary N) is 1. The number of amides is 1. The van der Waals surface area contributed by atoms with Crippen molar-refractivity contribution in [3.63, 3.8) is 0 Å². The molecule has 0 unspecified atom stereocenters. The highest BCUT2D eigenvalue weighted by atomic mass is 79.9. The normalized spacial score (nSPS) is 10.2. The molecule has 0 atom stereocenters. The van der Waals surface area contributed by atoms with Gasteiger partial charge in [-0.2, -0.15) is 0 Å². The van der Waals surface area contributed by atoms with Gasteiger partial charge in [-0.05, 0) is 55.0 Å². The minimum absolute atomic E-state index is 0.0964. The van der Waals surface area contributed by atoms with Crippen molar-refractivity contribution in [2.75, 3.05) is 18.9 Å². The quantitative estimate of drug-likeness (QED) is 0.644. The maximum absolute atomic E-state index is 12.0. The summed E-state index contributed by atoms with van der Waals surface area (Å²) < 4.78 is 6.48. The number of halogens is 1. The lowest BCUT2D eigenvalue weighted by Crippen LogP contribution is -2.28. The highest BCUT2D eigenvalue weighted by Crippen LogP contribution is 2.16. The Morgan fingerprint density at radius 2 is 1.95 bits per heavy atom. The second-order valence-electron chi connectivity index (χ2n) is 4.63. The second kappa shape index (κ2) is 7.13. The molecule has 0 aliphatic carbocycles. The van der Waals surface area contributed by atoms with Gasteiger partial charge in [0.25, 0.3) is 5.91 Å². The zero-order chi connectivity index (χ0) is 15.2. The summed E-state index contributed by atoms with van der Waals surface area (Å²) >= 11 is 3.38. The van der Waals surface area contributed by atoms with Gasteiger partial charge in [-0.1, -0.05) is 15.9 Å². The van der Waals surface area contributed by atoms with Gasteiger partial charge in [0, 0.05) is 15.7 Å². The minimum atomic E-state index is -0.0964. The maximum atomic E-state index is 12.0. The fourth-order valence-electron chi connectivity index (χ4n) is 1.87. The molecule has 4 nitrogen and oxygen atoms in total. The third kappa shape index (κ3) is 4.49. The molecule has 5 heteroatoms. The maximum Gasteiger partial charge on any atom is 0.251 e. The summed E-state index contributed by atoms with van der Waals surface area (Å²) in [5.41, 5.74) is 7.89. The van der Waals surface area contributed by atoms with Crippen molar-refractivity contribution in [3.8, 4) is 5.75 Å². The van der Waals surface area contributed by atoms with Crippen molar-refractivity contribution in [1.82, 2.24) is 5.32 Å². The van der Waals surface area contributed by atoms with E-state index in [1.54, 1.807) is 30.3 Å². The highest BCUT2D eigenvalue weighted by molar-refractivity contribution is 9.10. The van der Waals surface area contributed by atoms with Crippen LogP contribution < -0.4 is 15.8 Å². The Labute approximate surface area is 132 Å². The molecule has 21 heavy (non-hydrogen) atoms. The van der Waals surface area contributed by atoms with Crippen LogP contribution in [-0.2, 0) is 0 Å². The Morgan fingerprint density at radius 1 is 1.24 bits per heavy atom. The monoisotopic (exact) mass is 348 g/mol. The predicted molar refractivity (Wildman–Crippen MR) is 87.6 cm³/mol. The summed E-state index contributed by atoms with van der Waals surface area (Å²) in [6.07, 6.45) is 0.